The highest BCUT2D eigenvalue weighted by Gasteiger charge is 2.73. The molecule has 5 heteroatoms. The fourth-order valence-electron chi connectivity index (χ4n) is 3.32. The molecule has 0 aliphatic heterocycles. The summed E-state index contributed by atoms with van der Waals surface area (Å²) in [7, 11) is 0. The molecule has 2 saturated carbocycles. The zero-order valence-electron chi connectivity index (χ0n) is 10.8. The largest absolute Gasteiger partial charge is 0.465 e. The van der Waals surface area contributed by atoms with Gasteiger partial charge in [0.2, 0.25) is 0 Å². The first-order valence-electron chi connectivity index (χ1n) is 6.62. The molecule has 2 aliphatic carbocycles. The van der Waals surface area contributed by atoms with Gasteiger partial charge >= 0.3 is 11.9 Å². The third-order valence-electron chi connectivity index (χ3n) is 4.10. The Kier molecular flexibility index (Phi) is 3.61. The Morgan fingerprint density at radius 2 is 1.61 bits per heavy atom. The second kappa shape index (κ2) is 4.88. The Morgan fingerprint density at radius 1 is 1.17 bits per heavy atom. The zero-order chi connectivity index (χ0) is 13.3. The maximum absolute atomic E-state index is 11.9. The van der Waals surface area contributed by atoms with Crippen molar-refractivity contribution in [2.75, 3.05) is 13.2 Å². The van der Waals surface area contributed by atoms with Gasteiger partial charge in [0, 0.05) is 0 Å². The summed E-state index contributed by atoms with van der Waals surface area (Å²) in [6.45, 7) is 3.75. The van der Waals surface area contributed by atoms with E-state index in [1.54, 1.807) is 13.8 Å². The minimum atomic E-state index is -1.23. The fourth-order valence-corrected chi connectivity index (χ4v) is 3.32. The van der Waals surface area contributed by atoms with Gasteiger partial charge in [-0.2, -0.15) is 0 Å². The van der Waals surface area contributed by atoms with Gasteiger partial charge in [-0.15, -0.1) is 0 Å². The summed E-state index contributed by atoms with van der Waals surface area (Å²) < 4.78 is 9.81. The molecular weight excluding hydrogens is 236 g/mol. The predicted octanol–water partition coefficient (Wildman–Crippen LogP) is 0.890. The van der Waals surface area contributed by atoms with Crippen molar-refractivity contribution in [2.24, 2.45) is 17.8 Å². The van der Waals surface area contributed by atoms with Gasteiger partial charge in [-0.05, 0) is 38.5 Å². The lowest BCUT2D eigenvalue weighted by molar-refractivity contribution is -0.170. The van der Waals surface area contributed by atoms with Gasteiger partial charge < -0.3 is 14.6 Å². The summed E-state index contributed by atoms with van der Waals surface area (Å²) in [5.74, 6) is -2.39. The maximum atomic E-state index is 11.9. The van der Waals surface area contributed by atoms with Gasteiger partial charge in [-0.3, -0.25) is 9.59 Å². The third kappa shape index (κ3) is 1.90. The highest BCUT2D eigenvalue weighted by Crippen LogP contribution is 2.64. The van der Waals surface area contributed by atoms with Crippen LogP contribution >= 0.6 is 0 Å². The summed E-state index contributed by atoms with van der Waals surface area (Å²) in [4.78, 5) is 23.8. The molecule has 5 nitrogen and oxygen atoms in total. The molecule has 2 atom stereocenters. The molecule has 0 heterocycles. The second-order valence-electron chi connectivity index (χ2n) is 4.97. The molecule has 18 heavy (non-hydrogen) atoms. The van der Waals surface area contributed by atoms with E-state index in [0.717, 1.165) is 19.3 Å². The maximum Gasteiger partial charge on any atom is 0.323 e. The molecule has 0 aromatic heterocycles. The average Bonchev–Trinajstić information content (AvgIpc) is 2.71. The normalized spacial score (nSPS) is 33.1. The quantitative estimate of drug-likeness (QED) is 0.584. The molecule has 0 bridgehead atoms. The van der Waals surface area contributed by atoms with Gasteiger partial charge in [0.25, 0.3) is 0 Å². The van der Waals surface area contributed by atoms with Gasteiger partial charge in [-0.25, -0.2) is 0 Å². The molecule has 0 amide bonds. The van der Waals surface area contributed by atoms with Crippen molar-refractivity contribution >= 4 is 11.9 Å². The van der Waals surface area contributed by atoms with E-state index < -0.39 is 23.5 Å². The standard InChI is InChI=1S/C13H20O5/c1-3-17-11(14)10(12(15)18-4-2)13(16)8-6-5-7-9(8)13/h8-10,16H,3-7H2,1-2H3. The van der Waals surface area contributed by atoms with Gasteiger partial charge in [0.05, 0.1) is 18.8 Å². The first-order chi connectivity index (χ1) is 8.57. The Bertz CT molecular complexity index is 323. The summed E-state index contributed by atoms with van der Waals surface area (Å²) in [5, 5.41) is 10.6. The third-order valence-corrected chi connectivity index (χ3v) is 4.10. The van der Waals surface area contributed by atoms with Crippen molar-refractivity contribution in [1.29, 1.82) is 0 Å². The van der Waals surface area contributed by atoms with Crippen molar-refractivity contribution in [3.63, 3.8) is 0 Å². The second-order valence-corrected chi connectivity index (χ2v) is 4.97. The number of aliphatic hydroxyl groups is 1. The van der Waals surface area contributed by atoms with E-state index in [0.29, 0.717) is 0 Å². The molecule has 102 valence electrons. The van der Waals surface area contributed by atoms with Crippen LogP contribution in [0.1, 0.15) is 33.1 Å². The number of carbonyl (C=O) groups excluding carboxylic acids is 2. The van der Waals surface area contributed by atoms with Crippen LogP contribution in [0.2, 0.25) is 0 Å². The van der Waals surface area contributed by atoms with E-state index in [4.69, 9.17) is 9.47 Å². The van der Waals surface area contributed by atoms with Crippen LogP contribution in [-0.4, -0.2) is 35.9 Å². The average molecular weight is 256 g/mol. The molecule has 2 aliphatic rings. The molecule has 0 saturated heterocycles. The molecule has 2 rings (SSSR count). The molecule has 0 aromatic rings. The van der Waals surface area contributed by atoms with Crippen LogP contribution in [0.3, 0.4) is 0 Å². The van der Waals surface area contributed by atoms with Crippen LogP contribution < -0.4 is 0 Å². The van der Waals surface area contributed by atoms with Crippen molar-refractivity contribution in [3.05, 3.63) is 0 Å². The monoisotopic (exact) mass is 256 g/mol. The Labute approximate surface area is 106 Å². The van der Waals surface area contributed by atoms with E-state index in [1.165, 1.54) is 0 Å². The lowest BCUT2D eigenvalue weighted by Gasteiger charge is -2.22. The number of rotatable bonds is 5. The molecule has 2 unspecified atom stereocenters. The highest BCUT2D eigenvalue weighted by molar-refractivity contribution is 5.97. The molecule has 0 spiro atoms. The summed E-state index contributed by atoms with van der Waals surface area (Å²) in [6.07, 6.45) is 2.79. The number of carbonyl (C=O) groups is 2. The molecule has 0 radical (unpaired) electrons. The van der Waals surface area contributed by atoms with E-state index in [9.17, 15) is 14.7 Å². The first kappa shape index (κ1) is 13.3. The smallest absolute Gasteiger partial charge is 0.323 e. The van der Waals surface area contributed by atoms with Crippen molar-refractivity contribution in [2.45, 2.75) is 38.7 Å². The van der Waals surface area contributed by atoms with Crippen molar-refractivity contribution in [1.82, 2.24) is 0 Å². The van der Waals surface area contributed by atoms with Crippen LogP contribution in [0.25, 0.3) is 0 Å². The molecule has 1 N–H and O–H groups in total. The van der Waals surface area contributed by atoms with E-state index in [2.05, 4.69) is 0 Å². The Morgan fingerprint density at radius 3 is 2.00 bits per heavy atom. The lowest BCUT2D eigenvalue weighted by Crippen LogP contribution is -2.42. The van der Waals surface area contributed by atoms with Gasteiger partial charge in [-0.1, -0.05) is 6.42 Å². The number of hydrogen-bond acceptors (Lipinski definition) is 5. The van der Waals surface area contributed by atoms with Gasteiger partial charge in [0.1, 0.15) is 0 Å². The Hall–Kier alpha value is -1.10. The van der Waals surface area contributed by atoms with Crippen LogP contribution in [0.4, 0.5) is 0 Å². The van der Waals surface area contributed by atoms with E-state index in [-0.39, 0.29) is 25.0 Å². The summed E-state index contributed by atoms with van der Waals surface area (Å²) in [6, 6.07) is 0. The topological polar surface area (TPSA) is 72.8 Å². The number of hydrogen-bond donors (Lipinski definition) is 1. The summed E-state index contributed by atoms with van der Waals surface area (Å²) >= 11 is 0. The van der Waals surface area contributed by atoms with Crippen molar-refractivity contribution in [3.8, 4) is 0 Å². The first-order valence-corrected chi connectivity index (χ1v) is 6.62. The number of esters is 2. The SMILES string of the molecule is CCOC(=O)C(C(=O)OCC)C1(O)C2CCCC21. The van der Waals surface area contributed by atoms with E-state index in [1.807, 2.05) is 0 Å². The molecule has 0 aromatic carbocycles. The number of ether oxygens (including phenoxy) is 2. The van der Waals surface area contributed by atoms with Crippen LogP contribution in [0, 0.1) is 17.8 Å². The van der Waals surface area contributed by atoms with Crippen LogP contribution in [0.15, 0.2) is 0 Å². The van der Waals surface area contributed by atoms with Crippen LogP contribution in [0.5, 0.6) is 0 Å². The fraction of sp³-hybridized carbons (Fsp3) is 0.846. The zero-order valence-corrected chi connectivity index (χ0v) is 10.8. The van der Waals surface area contributed by atoms with Crippen LogP contribution in [-0.2, 0) is 19.1 Å². The number of fused-ring (bicyclic) bond motifs is 1. The van der Waals surface area contributed by atoms with Gasteiger partial charge in [0.15, 0.2) is 5.92 Å². The lowest BCUT2D eigenvalue weighted by atomic mass is 9.93. The molecule has 2 fully saturated rings. The predicted molar refractivity (Wildman–Crippen MR) is 62.5 cm³/mol. The highest BCUT2D eigenvalue weighted by atomic mass is 16.6. The minimum Gasteiger partial charge on any atom is -0.465 e. The van der Waals surface area contributed by atoms with E-state index >= 15 is 0 Å². The van der Waals surface area contributed by atoms with Crippen molar-refractivity contribution < 1.29 is 24.2 Å². The summed E-state index contributed by atoms with van der Waals surface area (Å²) in [5.41, 5.74) is -1.23. The minimum absolute atomic E-state index is 0.0521. The Balaban J connectivity index is 2.15. The molecular formula is C13H20O5.